The molecule has 0 aliphatic rings. The molecule has 3 heterocycles. The summed E-state index contributed by atoms with van der Waals surface area (Å²) in [4.78, 5) is 41.9. The maximum absolute atomic E-state index is 12.1. The summed E-state index contributed by atoms with van der Waals surface area (Å²) in [7, 11) is 2.91. The molecule has 0 unspecified atom stereocenters. The maximum Gasteiger partial charge on any atom is 0.403 e. The van der Waals surface area contributed by atoms with Gasteiger partial charge in [0.15, 0.2) is 0 Å². The standard InChI is InChI=1S/C13H11N5O4/c1-16-9-8(10(19)17(2)13(16)22)14-12(15-9)18-5-3-7(4-6-18)11(20)21/h3-6H,1-2H3,(H-,14,15,19,20,21)/p+1. The SMILES string of the molecule is Cn1c(=O)c2[nH]c(-[n+]3ccc(C(=O)O)cc3)nc2n(C)c1=O. The van der Waals surface area contributed by atoms with Gasteiger partial charge in [-0.05, 0) is 17.1 Å². The van der Waals surface area contributed by atoms with Crippen LogP contribution >= 0.6 is 0 Å². The monoisotopic (exact) mass is 302 g/mol. The third kappa shape index (κ3) is 1.91. The molecule has 0 saturated carbocycles. The van der Waals surface area contributed by atoms with E-state index in [9.17, 15) is 14.4 Å². The molecule has 0 aromatic carbocycles. The van der Waals surface area contributed by atoms with Crippen LogP contribution in [0.5, 0.6) is 0 Å². The van der Waals surface area contributed by atoms with Gasteiger partial charge < -0.3 is 5.11 Å². The number of aromatic amines is 1. The number of carboxylic acids is 1. The van der Waals surface area contributed by atoms with Gasteiger partial charge in [0.2, 0.25) is 5.52 Å². The van der Waals surface area contributed by atoms with E-state index >= 15 is 0 Å². The van der Waals surface area contributed by atoms with Gasteiger partial charge in [0.25, 0.3) is 11.2 Å². The van der Waals surface area contributed by atoms with Crippen LogP contribution in [-0.2, 0) is 14.1 Å². The molecule has 3 aromatic rings. The van der Waals surface area contributed by atoms with Crippen molar-refractivity contribution >= 4 is 17.1 Å². The molecule has 0 aliphatic carbocycles. The van der Waals surface area contributed by atoms with E-state index in [2.05, 4.69) is 9.97 Å². The number of hydrogen-bond donors (Lipinski definition) is 2. The first-order chi connectivity index (χ1) is 10.4. The first-order valence-corrected chi connectivity index (χ1v) is 6.31. The average molecular weight is 302 g/mol. The second-order valence-electron chi connectivity index (χ2n) is 4.76. The summed E-state index contributed by atoms with van der Waals surface area (Å²) in [5.74, 6) is -0.724. The summed E-state index contributed by atoms with van der Waals surface area (Å²) in [6, 6.07) is 2.82. The molecule has 22 heavy (non-hydrogen) atoms. The Balaban J connectivity index is 2.23. The highest BCUT2D eigenvalue weighted by Crippen LogP contribution is 2.04. The lowest BCUT2D eigenvalue weighted by molar-refractivity contribution is -0.603. The van der Waals surface area contributed by atoms with Gasteiger partial charge in [-0.25, -0.2) is 19.1 Å². The van der Waals surface area contributed by atoms with Gasteiger partial charge in [-0.15, -0.1) is 0 Å². The summed E-state index contributed by atoms with van der Waals surface area (Å²) in [6.45, 7) is 0. The van der Waals surface area contributed by atoms with Crippen molar-refractivity contribution in [3.8, 4) is 5.95 Å². The van der Waals surface area contributed by atoms with Crippen molar-refractivity contribution in [2.24, 2.45) is 14.1 Å². The van der Waals surface area contributed by atoms with Gasteiger partial charge in [-0.1, -0.05) is 0 Å². The maximum atomic E-state index is 12.1. The topological polar surface area (TPSA) is 114 Å². The second kappa shape index (κ2) is 4.65. The molecule has 2 N–H and O–H groups in total. The second-order valence-corrected chi connectivity index (χ2v) is 4.76. The van der Waals surface area contributed by atoms with Gasteiger partial charge in [-0.3, -0.25) is 13.9 Å². The summed E-state index contributed by atoms with van der Waals surface area (Å²) < 4.78 is 3.78. The molecule has 0 aliphatic heterocycles. The summed E-state index contributed by atoms with van der Waals surface area (Å²) in [6.07, 6.45) is 3.01. The van der Waals surface area contributed by atoms with Crippen LogP contribution < -0.4 is 15.8 Å². The summed E-state index contributed by atoms with van der Waals surface area (Å²) >= 11 is 0. The molecule has 0 amide bonds. The van der Waals surface area contributed by atoms with E-state index in [0.717, 1.165) is 4.57 Å². The highest BCUT2D eigenvalue weighted by Gasteiger charge is 2.21. The lowest BCUT2D eigenvalue weighted by Crippen LogP contribution is -2.36. The van der Waals surface area contributed by atoms with Crippen molar-refractivity contribution in [2.45, 2.75) is 0 Å². The molecule has 0 bridgehead atoms. The van der Waals surface area contributed by atoms with Crippen LogP contribution in [0.4, 0.5) is 0 Å². The molecule has 112 valence electrons. The van der Waals surface area contributed by atoms with Gasteiger partial charge in [-0.2, -0.15) is 0 Å². The van der Waals surface area contributed by atoms with E-state index in [1.54, 1.807) is 0 Å². The molecule has 0 spiro atoms. The number of fused-ring (bicyclic) bond motifs is 1. The molecule has 9 heteroatoms. The Morgan fingerprint density at radius 2 is 1.86 bits per heavy atom. The van der Waals surface area contributed by atoms with E-state index in [-0.39, 0.29) is 16.7 Å². The molecule has 0 atom stereocenters. The molecule has 3 rings (SSSR count). The summed E-state index contributed by atoms with van der Waals surface area (Å²) in [5.41, 5.74) is -0.371. The largest absolute Gasteiger partial charge is 0.478 e. The molecule has 9 nitrogen and oxygen atoms in total. The van der Waals surface area contributed by atoms with E-state index < -0.39 is 17.2 Å². The minimum Gasteiger partial charge on any atom is -0.478 e. The number of carboxylic acid groups (broad SMARTS) is 1. The molecular formula is C13H12N5O4+. The Kier molecular flexibility index (Phi) is 2.91. The van der Waals surface area contributed by atoms with Crippen molar-refractivity contribution in [1.82, 2.24) is 19.1 Å². The first kappa shape index (κ1) is 13.7. The average Bonchev–Trinajstić information content (AvgIpc) is 2.96. The Morgan fingerprint density at radius 3 is 2.45 bits per heavy atom. The number of nitrogens with zero attached hydrogens (tertiary/aromatic N) is 4. The van der Waals surface area contributed by atoms with Crippen LogP contribution in [0.1, 0.15) is 10.4 Å². The molecule has 3 aromatic heterocycles. The third-order valence-electron chi connectivity index (χ3n) is 3.40. The number of aromatic nitrogens is 5. The van der Waals surface area contributed by atoms with Crippen molar-refractivity contribution in [1.29, 1.82) is 0 Å². The number of nitrogens with one attached hydrogen (secondary N) is 1. The van der Waals surface area contributed by atoms with Crippen molar-refractivity contribution in [3.05, 3.63) is 50.9 Å². The number of hydrogen-bond acceptors (Lipinski definition) is 4. The van der Waals surface area contributed by atoms with Crippen LogP contribution in [0.15, 0.2) is 34.1 Å². The highest BCUT2D eigenvalue weighted by atomic mass is 16.4. The minimum absolute atomic E-state index is 0.135. The molecule has 0 radical (unpaired) electrons. The third-order valence-corrected chi connectivity index (χ3v) is 3.40. The normalized spacial score (nSPS) is 11.0. The highest BCUT2D eigenvalue weighted by molar-refractivity contribution is 5.87. The van der Waals surface area contributed by atoms with E-state index in [4.69, 9.17) is 5.11 Å². The fourth-order valence-corrected chi connectivity index (χ4v) is 2.15. The number of aromatic carboxylic acids is 1. The zero-order valence-electron chi connectivity index (χ0n) is 11.8. The number of imidazole rings is 1. The predicted molar refractivity (Wildman–Crippen MR) is 75.1 cm³/mol. The number of rotatable bonds is 2. The summed E-state index contributed by atoms with van der Waals surface area (Å²) in [5, 5.41) is 8.88. The van der Waals surface area contributed by atoms with Gasteiger partial charge >= 0.3 is 17.6 Å². The number of aryl methyl sites for hydroxylation is 1. The van der Waals surface area contributed by atoms with Crippen molar-refractivity contribution < 1.29 is 14.5 Å². The quantitative estimate of drug-likeness (QED) is 0.585. The number of carbonyl (C=O) groups is 1. The minimum atomic E-state index is -1.03. The lowest BCUT2D eigenvalue weighted by Gasteiger charge is -1.98. The zero-order chi connectivity index (χ0) is 16.0. The smallest absolute Gasteiger partial charge is 0.403 e. The first-order valence-electron chi connectivity index (χ1n) is 6.31. The molecular weight excluding hydrogens is 290 g/mol. The van der Waals surface area contributed by atoms with Crippen molar-refractivity contribution in [3.63, 3.8) is 0 Å². The van der Waals surface area contributed by atoms with E-state index in [1.165, 1.54) is 47.8 Å². The lowest BCUT2D eigenvalue weighted by atomic mass is 10.3. The van der Waals surface area contributed by atoms with Gasteiger partial charge in [0.05, 0.1) is 18.0 Å². The van der Waals surface area contributed by atoms with Gasteiger partial charge in [0, 0.05) is 14.1 Å². The van der Waals surface area contributed by atoms with E-state index in [0.29, 0.717) is 5.95 Å². The Bertz CT molecular complexity index is 1010. The molecule has 0 fully saturated rings. The Hall–Kier alpha value is -3.23. The van der Waals surface area contributed by atoms with Crippen LogP contribution in [0.2, 0.25) is 0 Å². The predicted octanol–water partition coefficient (Wildman–Crippen LogP) is -1.06. The zero-order valence-corrected chi connectivity index (χ0v) is 11.8. The Labute approximate surface area is 122 Å². The van der Waals surface area contributed by atoms with Crippen LogP contribution in [-0.4, -0.2) is 30.2 Å². The van der Waals surface area contributed by atoms with E-state index in [1.807, 2.05) is 0 Å². The van der Waals surface area contributed by atoms with Gasteiger partial charge in [0.1, 0.15) is 0 Å². The van der Waals surface area contributed by atoms with Crippen molar-refractivity contribution in [2.75, 3.05) is 0 Å². The van der Waals surface area contributed by atoms with Crippen LogP contribution in [0.25, 0.3) is 17.1 Å². The number of H-pyrrole nitrogens is 1. The number of pyridine rings is 1. The molecule has 0 saturated heterocycles. The Morgan fingerprint density at radius 1 is 1.23 bits per heavy atom. The van der Waals surface area contributed by atoms with Crippen LogP contribution in [0, 0.1) is 0 Å². The fraction of sp³-hybridized carbons (Fsp3) is 0.154. The fourth-order valence-electron chi connectivity index (χ4n) is 2.15. The van der Waals surface area contributed by atoms with Crippen LogP contribution in [0.3, 0.4) is 0 Å².